The number of rotatable bonds is 7. The Kier molecular flexibility index (Phi) is 5.84. The number of H-pyrrole nitrogens is 1. The van der Waals surface area contributed by atoms with Gasteiger partial charge in [0.05, 0.1) is 11.0 Å². The highest BCUT2D eigenvalue weighted by atomic mass is 16.5. The van der Waals surface area contributed by atoms with Gasteiger partial charge >= 0.3 is 0 Å². The molecule has 4 aromatic rings. The zero-order valence-electron chi connectivity index (χ0n) is 17.7. The van der Waals surface area contributed by atoms with Gasteiger partial charge in [0.2, 0.25) is 0 Å². The number of nitrogens with one attached hydrogen (secondary N) is 5. The zero-order chi connectivity index (χ0) is 22.8. The highest BCUT2D eigenvalue weighted by Crippen LogP contribution is 2.26. The predicted octanol–water partition coefficient (Wildman–Crippen LogP) is 2.94. The first kappa shape index (κ1) is 21.4. The fourth-order valence-electron chi connectivity index (χ4n) is 3.55. The molecule has 0 amide bonds. The number of fused-ring (bicyclic) bond motifs is 2. The van der Waals surface area contributed by atoms with Crippen molar-refractivity contribution in [3.05, 3.63) is 53.3 Å². The molecule has 0 radical (unpaired) electrons. The Bertz CT molecular complexity index is 1200. The van der Waals surface area contributed by atoms with Crippen LogP contribution in [0.15, 0.2) is 36.4 Å². The lowest BCUT2D eigenvalue weighted by molar-refractivity contribution is 0.234. The molecule has 2 aromatic heterocycles. The summed E-state index contributed by atoms with van der Waals surface area (Å²) in [5, 5.41) is 42.8. The summed E-state index contributed by atoms with van der Waals surface area (Å²) >= 11 is 0. The summed E-state index contributed by atoms with van der Waals surface area (Å²) in [4.78, 5) is 9.72. The van der Waals surface area contributed by atoms with Crippen LogP contribution in [0.3, 0.4) is 0 Å². The third kappa shape index (κ3) is 4.15. The van der Waals surface area contributed by atoms with Crippen LogP contribution < -0.4 is 11.0 Å². The molecule has 11 heteroatoms. The second-order valence-corrected chi connectivity index (χ2v) is 8.04. The lowest BCUT2D eigenvalue weighted by atomic mass is 10.0. The predicted molar refractivity (Wildman–Crippen MR) is 119 cm³/mol. The monoisotopic (exact) mass is 435 g/mol. The van der Waals surface area contributed by atoms with E-state index in [4.69, 9.17) is 26.2 Å². The van der Waals surface area contributed by atoms with Gasteiger partial charge in [0, 0.05) is 11.1 Å². The molecule has 0 aliphatic rings. The van der Waals surface area contributed by atoms with Crippen molar-refractivity contribution in [1.82, 2.24) is 35.9 Å². The van der Waals surface area contributed by atoms with Crippen LogP contribution in [0.4, 0.5) is 0 Å². The molecule has 0 fully saturated rings. The average Bonchev–Trinajstić information content (AvgIpc) is 3.40. The first-order valence-electron chi connectivity index (χ1n) is 10.2. The fourth-order valence-corrected chi connectivity index (χ4v) is 3.55. The van der Waals surface area contributed by atoms with Crippen LogP contribution in [0, 0.1) is 16.7 Å². The average molecular weight is 435 g/mol. The van der Waals surface area contributed by atoms with Gasteiger partial charge in [-0.25, -0.2) is 4.98 Å². The Balaban J connectivity index is 1.75. The van der Waals surface area contributed by atoms with E-state index < -0.39 is 0 Å². The van der Waals surface area contributed by atoms with Crippen molar-refractivity contribution in [2.45, 2.75) is 32.7 Å². The van der Waals surface area contributed by atoms with Crippen molar-refractivity contribution >= 4 is 33.7 Å². The number of hydroxylamine groups is 2. The number of benzene rings is 2. The van der Waals surface area contributed by atoms with Gasteiger partial charge in [-0.1, -0.05) is 13.8 Å². The molecule has 1 atom stereocenters. The third-order valence-corrected chi connectivity index (χ3v) is 5.31. The molecular formula is C21H25N9O2. The minimum absolute atomic E-state index is 0.105. The van der Waals surface area contributed by atoms with Gasteiger partial charge in [-0.2, -0.15) is 15.0 Å². The summed E-state index contributed by atoms with van der Waals surface area (Å²) in [6.45, 7) is 4.31. The van der Waals surface area contributed by atoms with Crippen LogP contribution in [-0.4, -0.2) is 47.0 Å². The largest absolute Gasteiger partial charge is 0.340 e. The van der Waals surface area contributed by atoms with Crippen molar-refractivity contribution in [1.29, 1.82) is 10.8 Å². The van der Waals surface area contributed by atoms with E-state index >= 15 is 0 Å². The molecule has 0 saturated heterocycles. The summed E-state index contributed by atoms with van der Waals surface area (Å²) < 4.78 is 0. The third-order valence-electron chi connectivity index (χ3n) is 5.31. The van der Waals surface area contributed by atoms with Gasteiger partial charge in [-0.3, -0.25) is 32.2 Å². The summed E-state index contributed by atoms with van der Waals surface area (Å²) in [5.74, 6) is 0.962. The molecule has 11 nitrogen and oxygen atoms in total. The molecule has 0 spiro atoms. The Labute approximate surface area is 183 Å². The molecule has 32 heavy (non-hydrogen) atoms. The van der Waals surface area contributed by atoms with Crippen LogP contribution >= 0.6 is 0 Å². The number of aromatic nitrogens is 5. The molecule has 2 heterocycles. The van der Waals surface area contributed by atoms with Crippen LogP contribution in [0.1, 0.15) is 49.7 Å². The van der Waals surface area contributed by atoms with Crippen molar-refractivity contribution in [3.63, 3.8) is 0 Å². The first-order valence-corrected chi connectivity index (χ1v) is 10.2. The van der Waals surface area contributed by atoms with E-state index in [2.05, 4.69) is 29.0 Å². The minimum atomic E-state index is -0.241. The maximum absolute atomic E-state index is 9.01. The fraction of sp³-hybridized carbons (Fsp3) is 0.286. The molecule has 0 bridgehead atoms. The summed E-state index contributed by atoms with van der Waals surface area (Å²) in [5.41, 5.74) is 7.49. The lowest BCUT2D eigenvalue weighted by Crippen LogP contribution is -2.18. The van der Waals surface area contributed by atoms with Crippen LogP contribution in [0.5, 0.6) is 0 Å². The number of amidine groups is 2. The number of nitrogens with zero attached hydrogens (tertiary/aromatic N) is 4. The van der Waals surface area contributed by atoms with Gasteiger partial charge in [0.25, 0.3) is 0 Å². The second-order valence-electron chi connectivity index (χ2n) is 8.04. The molecule has 2 aromatic carbocycles. The summed E-state index contributed by atoms with van der Waals surface area (Å²) in [6, 6.07) is 10.2. The lowest BCUT2D eigenvalue weighted by Gasteiger charge is -2.15. The standard InChI is InChI=1S/C21H25N9O2/c1-11(2)3-8-18(21-24-14-6-4-12(19(22)28-31)9-16(14)25-21)30-26-15-7-5-13(20(23)29-32)10-17(15)27-30/h4-7,9-11,18,31-32H,3,8H2,1-2H3,(H2,22,28)(H2,23,29)(H,24,25). The van der Waals surface area contributed by atoms with E-state index in [0.717, 1.165) is 18.4 Å². The molecule has 7 N–H and O–H groups in total. The summed E-state index contributed by atoms with van der Waals surface area (Å²) in [6.07, 6.45) is 1.70. The molecule has 166 valence electrons. The van der Waals surface area contributed by atoms with E-state index in [1.807, 2.05) is 17.0 Å². The van der Waals surface area contributed by atoms with Crippen molar-refractivity contribution < 1.29 is 10.4 Å². The van der Waals surface area contributed by atoms with Crippen LogP contribution in [-0.2, 0) is 0 Å². The van der Waals surface area contributed by atoms with Crippen molar-refractivity contribution in [2.75, 3.05) is 0 Å². The van der Waals surface area contributed by atoms with Crippen LogP contribution in [0.2, 0.25) is 0 Å². The Hall–Kier alpha value is -3.83. The molecular weight excluding hydrogens is 410 g/mol. The van der Waals surface area contributed by atoms with E-state index in [9.17, 15) is 0 Å². The first-order chi connectivity index (χ1) is 15.4. The van der Waals surface area contributed by atoms with Gasteiger partial charge in [-0.15, -0.1) is 0 Å². The Morgan fingerprint density at radius 2 is 1.56 bits per heavy atom. The van der Waals surface area contributed by atoms with Crippen molar-refractivity contribution in [2.24, 2.45) is 5.92 Å². The van der Waals surface area contributed by atoms with Gasteiger partial charge in [0.15, 0.2) is 0 Å². The number of aromatic amines is 1. The molecule has 0 saturated carbocycles. The van der Waals surface area contributed by atoms with E-state index in [-0.39, 0.29) is 17.7 Å². The number of imidazole rings is 1. The highest BCUT2D eigenvalue weighted by molar-refractivity contribution is 5.99. The zero-order valence-corrected chi connectivity index (χ0v) is 17.7. The topological polar surface area (TPSA) is 172 Å². The van der Waals surface area contributed by atoms with Crippen LogP contribution in [0.25, 0.3) is 22.1 Å². The number of hydrogen-bond acceptors (Lipinski definition) is 7. The maximum Gasteiger partial charge on any atom is 0.149 e. The molecule has 0 aliphatic heterocycles. The minimum Gasteiger partial charge on any atom is -0.340 e. The van der Waals surface area contributed by atoms with Gasteiger partial charge in [0.1, 0.15) is 34.6 Å². The SMILES string of the molecule is CC(C)CCC(c1nc2cc(C(=N)NO)ccc2[nH]1)n1nc2ccc(C(=N)NO)cc2n1. The molecule has 1 unspecified atom stereocenters. The van der Waals surface area contributed by atoms with Gasteiger partial charge in [-0.05, 0) is 55.2 Å². The number of hydrogen-bond donors (Lipinski definition) is 7. The van der Waals surface area contributed by atoms with E-state index in [1.165, 1.54) is 0 Å². The molecule has 0 aliphatic carbocycles. The normalized spacial score (nSPS) is 12.4. The summed E-state index contributed by atoms with van der Waals surface area (Å²) in [7, 11) is 0. The highest BCUT2D eigenvalue weighted by Gasteiger charge is 2.22. The second kappa shape index (κ2) is 8.73. The Morgan fingerprint density at radius 3 is 2.22 bits per heavy atom. The van der Waals surface area contributed by atoms with E-state index in [1.54, 1.807) is 35.1 Å². The van der Waals surface area contributed by atoms with E-state index in [0.29, 0.717) is 39.4 Å². The quantitative estimate of drug-likeness (QED) is 0.133. The smallest absolute Gasteiger partial charge is 0.149 e. The maximum atomic E-state index is 9.01. The Morgan fingerprint density at radius 1 is 0.938 bits per heavy atom. The van der Waals surface area contributed by atoms with Crippen molar-refractivity contribution in [3.8, 4) is 0 Å². The van der Waals surface area contributed by atoms with Gasteiger partial charge < -0.3 is 4.98 Å². The molecule has 4 rings (SSSR count).